The maximum absolute atomic E-state index is 5.78. The van der Waals surface area contributed by atoms with Gasteiger partial charge in [0.1, 0.15) is 5.65 Å². The second-order valence-corrected chi connectivity index (χ2v) is 9.48. The molecule has 3 nitrogen and oxygen atoms in total. The number of rotatable bonds is 4. The van der Waals surface area contributed by atoms with E-state index in [4.69, 9.17) is 11.9 Å². The second-order valence-electron chi connectivity index (χ2n) is 8.56. The molecule has 2 radical (unpaired) electrons. The average molecular weight is 452 g/mol. The van der Waals surface area contributed by atoms with Gasteiger partial charge in [0, 0.05) is 40.5 Å². The summed E-state index contributed by atoms with van der Waals surface area (Å²) in [6, 6.07) is 6.63. The number of nitrogens with zero attached hydrogens (tertiary/aromatic N) is 3. The summed E-state index contributed by atoms with van der Waals surface area (Å²) >= 11 is 3.63. The monoisotopic (exact) mass is 451 g/mol. The number of anilines is 1. The zero-order valence-corrected chi connectivity index (χ0v) is 19.5. The van der Waals surface area contributed by atoms with Gasteiger partial charge < -0.3 is 9.47 Å². The Morgan fingerprint density at radius 1 is 1.03 bits per heavy atom. The third-order valence-corrected chi connectivity index (χ3v) is 6.74. The third kappa shape index (κ3) is 3.84. The lowest BCUT2D eigenvalue weighted by molar-refractivity contribution is 0.384. The first-order valence-electron chi connectivity index (χ1n) is 10.6. The number of pyridine rings is 1. The first kappa shape index (κ1) is 20.5. The van der Waals surface area contributed by atoms with Crippen molar-refractivity contribution in [3.8, 4) is 5.69 Å². The fraction of sp³-hybridized carbons (Fsp3) is 0.440. The highest BCUT2D eigenvalue weighted by Crippen LogP contribution is 2.36. The van der Waals surface area contributed by atoms with Crippen LogP contribution in [0.3, 0.4) is 0 Å². The quantitative estimate of drug-likeness (QED) is 0.438. The number of fused-ring (bicyclic) bond motifs is 1. The van der Waals surface area contributed by atoms with Gasteiger partial charge in [0.25, 0.3) is 0 Å². The predicted molar refractivity (Wildman–Crippen MR) is 126 cm³/mol. The molecule has 0 atom stereocenters. The summed E-state index contributed by atoms with van der Waals surface area (Å²) in [5, 5.41) is 1.29. The van der Waals surface area contributed by atoms with Crippen LogP contribution in [0.2, 0.25) is 0 Å². The van der Waals surface area contributed by atoms with Crippen molar-refractivity contribution in [2.45, 2.75) is 53.4 Å². The zero-order valence-electron chi connectivity index (χ0n) is 17.9. The molecule has 3 aromatic rings. The molecule has 2 aromatic heterocycles. The minimum atomic E-state index is 0.772. The number of benzene rings is 1. The number of hydrogen-bond acceptors (Lipinski definition) is 2. The van der Waals surface area contributed by atoms with Crippen LogP contribution < -0.4 is 4.90 Å². The Bertz CT molecular complexity index is 1020. The number of hydrogen-bond donors (Lipinski definition) is 0. The van der Waals surface area contributed by atoms with E-state index in [-0.39, 0.29) is 0 Å². The lowest BCUT2D eigenvalue weighted by Gasteiger charge is -2.34. The van der Waals surface area contributed by atoms with E-state index in [0.29, 0.717) is 0 Å². The van der Waals surface area contributed by atoms with E-state index < -0.39 is 0 Å². The predicted octanol–water partition coefficient (Wildman–Crippen LogP) is 6.73. The summed E-state index contributed by atoms with van der Waals surface area (Å²) < 4.78 is 3.41. The highest BCUT2D eigenvalue weighted by molar-refractivity contribution is 9.10. The first-order valence-corrected chi connectivity index (χ1v) is 11.4. The SMILES string of the molecule is [CH]CCC1CCN(c2cc(C)nc3c2c(C)cn3-c2c(C)cc(Br)cc2C)CC1. The molecule has 4 heteroatoms. The fourth-order valence-electron chi connectivity index (χ4n) is 4.91. The van der Waals surface area contributed by atoms with Crippen molar-refractivity contribution in [1.29, 1.82) is 0 Å². The smallest absolute Gasteiger partial charge is 0.147 e. The zero-order chi connectivity index (χ0) is 20.7. The molecule has 0 bridgehead atoms. The highest BCUT2D eigenvalue weighted by atomic mass is 79.9. The molecule has 0 unspecified atom stereocenters. The van der Waals surface area contributed by atoms with Crippen LogP contribution in [0.1, 0.15) is 48.1 Å². The van der Waals surface area contributed by atoms with Gasteiger partial charge in [0.2, 0.25) is 0 Å². The van der Waals surface area contributed by atoms with Crippen LogP contribution in [0.25, 0.3) is 16.7 Å². The van der Waals surface area contributed by atoms with E-state index in [1.807, 2.05) is 0 Å². The molecule has 3 heterocycles. The van der Waals surface area contributed by atoms with Crippen molar-refractivity contribution in [3.05, 3.63) is 58.2 Å². The van der Waals surface area contributed by atoms with Crippen molar-refractivity contribution < 1.29 is 0 Å². The van der Waals surface area contributed by atoms with E-state index in [1.54, 1.807) is 0 Å². The molecule has 0 spiro atoms. The molecule has 152 valence electrons. The van der Waals surface area contributed by atoms with Gasteiger partial charge >= 0.3 is 0 Å². The molecule has 1 fully saturated rings. The van der Waals surface area contributed by atoms with Gasteiger partial charge in [0.15, 0.2) is 0 Å². The molecular formula is C25H30BrN3. The summed E-state index contributed by atoms with van der Waals surface area (Å²) in [4.78, 5) is 7.54. The number of piperidine rings is 1. The molecule has 1 aliphatic rings. The molecule has 1 aliphatic heterocycles. The summed E-state index contributed by atoms with van der Waals surface area (Å²) in [6.07, 6.45) is 6.66. The van der Waals surface area contributed by atoms with Gasteiger partial charge in [-0.1, -0.05) is 22.4 Å². The van der Waals surface area contributed by atoms with E-state index in [1.165, 1.54) is 46.3 Å². The molecule has 29 heavy (non-hydrogen) atoms. The van der Waals surface area contributed by atoms with Crippen molar-refractivity contribution in [1.82, 2.24) is 9.55 Å². The van der Waals surface area contributed by atoms with Crippen LogP contribution in [0, 0.1) is 40.5 Å². The summed E-state index contributed by atoms with van der Waals surface area (Å²) in [7, 11) is 0. The molecule has 0 amide bonds. The molecule has 0 aliphatic carbocycles. The van der Waals surface area contributed by atoms with E-state index >= 15 is 0 Å². The molecule has 0 saturated carbocycles. The van der Waals surface area contributed by atoms with Gasteiger partial charge in [-0.15, -0.1) is 0 Å². The van der Waals surface area contributed by atoms with Crippen molar-refractivity contribution in [2.75, 3.05) is 18.0 Å². The van der Waals surface area contributed by atoms with E-state index in [0.717, 1.165) is 47.7 Å². The normalized spacial score (nSPS) is 15.4. The van der Waals surface area contributed by atoms with E-state index in [9.17, 15) is 0 Å². The Balaban J connectivity index is 1.82. The third-order valence-electron chi connectivity index (χ3n) is 6.28. The maximum atomic E-state index is 5.78. The summed E-state index contributed by atoms with van der Waals surface area (Å²) in [6.45, 7) is 16.7. The van der Waals surface area contributed by atoms with Crippen LogP contribution in [0.15, 0.2) is 28.9 Å². The Hall–Kier alpha value is -1.81. The van der Waals surface area contributed by atoms with Gasteiger partial charge in [-0.2, -0.15) is 0 Å². The van der Waals surface area contributed by atoms with Gasteiger partial charge in [-0.05, 0) is 94.7 Å². The van der Waals surface area contributed by atoms with Crippen LogP contribution in [0.5, 0.6) is 0 Å². The number of aromatic nitrogens is 2. The fourth-order valence-corrected chi connectivity index (χ4v) is 5.60. The van der Waals surface area contributed by atoms with Crippen molar-refractivity contribution in [3.63, 3.8) is 0 Å². The van der Waals surface area contributed by atoms with Crippen LogP contribution in [0.4, 0.5) is 5.69 Å². The minimum Gasteiger partial charge on any atom is -0.371 e. The lowest BCUT2D eigenvalue weighted by atomic mass is 9.92. The molecule has 1 aromatic carbocycles. The highest BCUT2D eigenvalue weighted by Gasteiger charge is 2.23. The van der Waals surface area contributed by atoms with Crippen LogP contribution in [-0.2, 0) is 0 Å². The minimum absolute atomic E-state index is 0.772. The van der Waals surface area contributed by atoms with Gasteiger partial charge in [-0.3, -0.25) is 0 Å². The summed E-state index contributed by atoms with van der Waals surface area (Å²) in [5.41, 5.74) is 8.49. The lowest BCUT2D eigenvalue weighted by Crippen LogP contribution is -2.33. The first-order chi connectivity index (χ1) is 13.9. The topological polar surface area (TPSA) is 21.1 Å². The van der Waals surface area contributed by atoms with Gasteiger partial charge in [0.05, 0.1) is 5.69 Å². The Morgan fingerprint density at radius 2 is 1.69 bits per heavy atom. The largest absolute Gasteiger partial charge is 0.371 e. The molecular weight excluding hydrogens is 422 g/mol. The molecule has 1 saturated heterocycles. The Labute approximate surface area is 183 Å². The molecule has 4 rings (SSSR count). The number of halogens is 1. The van der Waals surface area contributed by atoms with Crippen molar-refractivity contribution in [2.24, 2.45) is 5.92 Å². The summed E-state index contributed by atoms with van der Waals surface area (Å²) in [5.74, 6) is 0.772. The standard InChI is InChI=1S/C25H30BrN3/c1-6-7-20-8-10-28(11-9-20)22-14-19(5)27-25-23(22)18(4)15-29(25)24-16(2)12-21(26)13-17(24)3/h1,12-15,20H,6-11H2,2-5H3. The molecule has 0 N–H and O–H groups in total. The average Bonchev–Trinajstić information content (AvgIpc) is 2.97. The van der Waals surface area contributed by atoms with Gasteiger partial charge in [-0.25, -0.2) is 4.98 Å². The van der Waals surface area contributed by atoms with Crippen molar-refractivity contribution >= 4 is 32.7 Å². The second kappa shape index (κ2) is 8.14. The van der Waals surface area contributed by atoms with E-state index in [2.05, 4.69) is 77.5 Å². The Kier molecular flexibility index (Phi) is 5.74. The Morgan fingerprint density at radius 3 is 2.31 bits per heavy atom. The van der Waals surface area contributed by atoms with Crippen LogP contribution >= 0.6 is 15.9 Å². The van der Waals surface area contributed by atoms with Crippen LogP contribution in [-0.4, -0.2) is 22.6 Å². The number of aryl methyl sites for hydroxylation is 4. The maximum Gasteiger partial charge on any atom is 0.147 e.